The molecule has 11 heteroatoms. The number of piperidine rings is 1. The SMILES string of the molecule is CCOc1ccc(S(=O)(=O)NCc2nc(OC)nc(N3CCCCC3)n2)cc1F. The molecule has 0 saturated carbocycles. The highest BCUT2D eigenvalue weighted by molar-refractivity contribution is 7.89. The van der Waals surface area contributed by atoms with Crippen molar-refractivity contribution < 1.29 is 22.3 Å². The maximum Gasteiger partial charge on any atom is 0.321 e. The van der Waals surface area contributed by atoms with Gasteiger partial charge in [-0.25, -0.2) is 17.5 Å². The van der Waals surface area contributed by atoms with Gasteiger partial charge in [-0.15, -0.1) is 0 Å². The lowest BCUT2D eigenvalue weighted by Gasteiger charge is -2.26. The molecule has 1 aliphatic rings. The molecule has 2 aromatic rings. The van der Waals surface area contributed by atoms with Crippen molar-refractivity contribution in [1.82, 2.24) is 19.7 Å². The van der Waals surface area contributed by atoms with Gasteiger partial charge in [0.25, 0.3) is 0 Å². The van der Waals surface area contributed by atoms with Crippen molar-refractivity contribution in [3.63, 3.8) is 0 Å². The second-order valence-corrected chi connectivity index (χ2v) is 8.20. The van der Waals surface area contributed by atoms with Gasteiger partial charge >= 0.3 is 6.01 Å². The number of hydrogen-bond donors (Lipinski definition) is 1. The first kappa shape index (κ1) is 21.2. The van der Waals surface area contributed by atoms with Crippen molar-refractivity contribution in [2.24, 2.45) is 0 Å². The lowest BCUT2D eigenvalue weighted by atomic mass is 10.1. The quantitative estimate of drug-likeness (QED) is 0.683. The summed E-state index contributed by atoms with van der Waals surface area (Å²) in [5.41, 5.74) is 0. The van der Waals surface area contributed by atoms with E-state index in [0.29, 0.717) is 5.95 Å². The summed E-state index contributed by atoms with van der Waals surface area (Å²) >= 11 is 0. The Hall–Kier alpha value is -2.53. The van der Waals surface area contributed by atoms with Crippen molar-refractivity contribution in [2.75, 3.05) is 31.7 Å². The zero-order valence-corrected chi connectivity index (χ0v) is 17.2. The molecule has 0 atom stereocenters. The molecule has 0 amide bonds. The van der Waals surface area contributed by atoms with Crippen LogP contribution in [-0.2, 0) is 16.6 Å². The molecule has 9 nitrogen and oxygen atoms in total. The van der Waals surface area contributed by atoms with E-state index in [9.17, 15) is 12.8 Å². The third kappa shape index (κ3) is 5.30. The Morgan fingerprint density at radius 3 is 2.59 bits per heavy atom. The fraction of sp³-hybridized carbons (Fsp3) is 0.500. The van der Waals surface area contributed by atoms with E-state index in [1.165, 1.54) is 19.2 Å². The van der Waals surface area contributed by atoms with E-state index in [2.05, 4.69) is 19.7 Å². The van der Waals surface area contributed by atoms with Gasteiger partial charge in [-0.2, -0.15) is 15.0 Å². The first-order valence-corrected chi connectivity index (χ1v) is 10.9. The lowest BCUT2D eigenvalue weighted by molar-refractivity contribution is 0.321. The molecule has 1 aromatic heterocycles. The number of sulfonamides is 1. The number of nitrogens with zero attached hydrogens (tertiary/aromatic N) is 4. The fourth-order valence-electron chi connectivity index (χ4n) is 2.96. The van der Waals surface area contributed by atoms with Crippen LogP contribution in [0.3, 0.4) is 0 Å². The third-order valence-electron chi connectivity index (χ3n) is 4.40. The molecule has 0 radical (unpaired) electrons. The first-order valence-electron chi connectivity index (χ1n) is 9.39. The molecule has 1 N–H and O–H groups in total. The van der Waals surface area contributed by atoms with Crippen LogP contribution >= 0.6 is 0 Å². The lowest BCUT2D eigenvalue weighted by Crippen LogP contribution is -2.32. The Morgan fingerprint density at radius 2 is 1.93 bits per heavy atom. The van der Waals surface area contributed by atoms with Crippen LogP contribution in [0.25, 0.3) is 0 Å². The molecular formula is C18H24FN5O4S. The van der Waals surface area contributed by atoms with Gasteiger partial charge in [-0.1, -0.05) is 0 Å². The maximum absolute atomic E-state index is 14.0. The molecule has 0 aliphatic carbocycles. The minimum Gasteiger partial charge on any atom is -0.491 e. The van der Waals surface area contributed by atoms with E-state index >= 15 is 0 Å². The first-order chi connectivity index (χ1) is 13.9. The van der Waals surface area contributed by atoms with Gasteiger partial charge in [-0.3, -0.25) is 0 Å². The number of rotatable bonds is 8. The van der Waals surface area contributed by atoms with Crippen LogP contribution in [0.2, 0.25) is 0 Å². The molecule has 0 bridgehead atoms. The standard InChI is InChI=1S/C18H24FN5O4S/c1-3-28-15-8-7-13(11-14(15)19)29(25,26)20-12-16-21-17(23-18(22-16)27-2)24-9-5-4-6-10-24/h7-8,11,20H,3-6,9-10,12H2,1-2H3. The topological polar surface area (TPSA) is 107 Å². The highest BCUT2D eigenvalue weighted by Gasteiger charge is 2.20. The summed E-state index contributed by atoms with van der Waals surface area (Å²) in [6.07, 6.45) is 3.24. The molecule has 158 valence electrons. The summed E-state index contributed by atoms with van der Waals surface area (Å²) in [7, 11) is -2.53. The largest absolute Gasteiger partial charge is 0.491 e. The smallest absolute Gasteiger partial charge is 0.321 e. The minimum atomic E-state index is -3.97. The zero-order chi connectivity index (χ0) is 20.9. The number of aromatic nitrogens is 3. The molecule has 1 aromatic carbocycles. The summed E-state index contributed by atoms with van der Waals surface area (Å²) in [4.78, 5) is 14.5. The third-order valence-corrected chi connectivity index (χ3v) is 5.80. The molecule has 1 aliphatic heterocycles. The van der Waals surface area contributed by atoms with Crippen LogP contribution in [0.5, 0.6) is 11.8 Å². The molecule has 1 saturated heterocycles. The second kappa shape index (κ2) is 9.31. The van der Waals surface area contributed by atoms with Crippen molar-refractivity contribution in [2.45, 2.75) is 37.6 Å². The Kier molecular flexibility index (Phi) is 6.80. The number of hydrogen-bond acceptors (Lipinski definition) is 8. The van der Waals surface area contributed by atoms with Gasteiger partial charge in [0.2, 0.25) is 16.0 Å². The molecule has 2 heterocycles. The molecule has 0 unspecified atom stereocenters. The van der Waals surface area contributed by atoms with Crippen LogP contribution in [-0.4, -0.2) is 50.2 Å². The van der Waals surface area contributed by atoms with E-state index < -0.39 is 15.8 Å². The van der Waals surface area contributed by atoms with E-state index in [1.807, 2.05) is 4.90 Å². The van der Waals surface area contributed by atoms with Crippen molar-refractivity contribution >= 4 is 16.0 Å². The highest BCUT2D eigenvalue weighted by atomic mass is 32.2. The number of benzene rings is 1. The summed E-state index contributed by atoms with van der Waals surface area (Å²) in [5.74, 6) is -0.0750. The summed E-state index contributed by atoms with van der Waals surface area (Å²) in [6, 6.07) is 3.60. The summed E-state index contributed by atoms with van der Waals surface area (Å²) < 4.78 is 51.7. The van der Waals surface area contributed by atoms with E-state index in [1.54, 1.807) is 6.92 Å². The molecule has 3 rings (SSSR count). The highest BCUT2D eigenvalue weighted by Crippen LogP contribution is 2.21. The van der Waals surface area contributed by atoms with E-state index in [4.69, 9.17) is 9.47 Å². The number of anilines is 1. The van der Waals surface area contributed by atoms with Crippen LogP contribution in [0.15, 0.2) is 23.1 Å². The Morgan fingerprint density at radius 1 is 1.17 bits per heavy atom. The normalized spacial score (nSPS) is 14.7. The van der Waals surface area contributed by atoms with Crippen molar-refractivity contribution in [1.29, 1.82) is 0 Å². The average molecular weight is 425 g/mol. The van der Waals surface area contributed by atoms with E-state index in [-0.39, 0.29) is 35.6 Å². The molecule has 0 spiro atoms. The van der Waals surface area contributed by atoms with Gasteiger partial charge < -0.3 is 14.4 Å². The van der Waals surface area contributed by atoms with Gasteiger partial charge in [-0.05, 0) is 44.4 Å². The average Bonchev–Trinajstić information content (AvgIpc) is 2.74. The number of ether oxygens (including phenoxy) is 2. The minimum absolute atomic E-state index is 0.000160. The monoisotopic (exact) mass is 425 g/mol. The Bertz CT molecular complexity index is 951. The van der Waals surface area contributed by atoms with Crippen LogP contribution in [0, 0.1) is 5.82 Å². The molecule has 1 fully saturated rings. The van der Waals surface area contributed by atoms with Crippen LogP contribution < -0.4 is 19.1 Å². The van der Waals surface area contributed by atoms with Gasteiger partial charge in [0.15, 0.2) is 17.4 Å². The summed E-state index contributed by atoms with van der Waals surface area (Å²) in [5, 5.41) is 0. The number of methoxy groups -OCH3 is 1. The Labute approximate surface area is 169 Å². The number of nitrogens with one attached hydrogen (secondary N) is 1. The molecular weight excluding hydrogens is 401 g/mol. The number of halogens is 1. The fourth-order valence-corrected chi connectivity index (χ4v) is 3.95. The van der Waals surface area contributed by atoms with Crippen LogP contribution in [0.1, 0.15) is 32.0 Å². The predicted octanol–water partition coefficient (Wildman–Crippen LogP) is 1.89. The zero-order valence-electron chi connectivity index (χ0n) is 16.4. The molecule has 29 heavy (non-hydrogen) atoms. The van der Waals surface area contributed by atoms with Gasteiger partial charge in [0, 0.05) is 13.1 Å². The van der Waals surface area contributed by atoms with Crippen LogP contribution in [0.4, 0.5) is 10.3 Å². The van der Waals surface area contributed by atoms with Gasteiger partial charge in [0.05, 0.1) is 25.2 Å². The maximum atomic E-state index is 14.0. The Balaban J connectivity index is 1.76. The van der Waals surface area contributed by atoms with Crippen molar-refractivity contribution in [3.8, 4) is 11.8 Å². The van der Waals surface area contributed by atoms with E-state index in [0.717, 1.165) is 38.4 Å². The van der Waals surface area contributed by atoms with Gasteiger partial charge in [0.1, 0.15) is 0 Å². The predicted molar refractivity (Wildman–Crippen MR) is 104 cm³/mol. The van der Waals surface area contributed by atoms with Crippen molar-refractivity contribution in [3.05, 3.63) is 29.8 Å². The second-order valence-electron chi connectivity index (χ2n) is 6.44. The summed E-state index contributed by atoms with van der Waals surface area (Å²) in [6.45, 7) is 3.46.